The van der Waals surface area contributed by atoms with Crippen LogP contribution in [0.2, 0.25) is 0 Å². The van der Waals surface area contributed by atoms with E-state index in [1.54, 1.807) is 19.4 Å². The Labute approximate surface area is 101 Å². The van der Waals surface area contributed by atoms with Crippen LogP contribution in [0.3, 0.4) is 0 Å². The molecule has 0 bridgehead atoms. The first-order valence-corrected chi connectivity index (χ1v) is 5.53. The van der Waals surface area contributed by atoms with Crippen molar-refractivity contribution >= 4 is 15.9 Å². The van der Waals surface area contributed by atoms with Crippen molar-refractivity contribution in [3.05, 3.63) is 52.4 Å². The zero-order valence-electron chi connectivity index (χ0n) is 8.58. The molecule has 2 aromatic heterocycles. The quantitative estimate of drug-likeness (QED) is 0.942. The summed E-state index contributed by atoms with van der Waals surface area (Å²) in [6.07, 6.45) is 2.78. The van der Waals surface area contributed by atoms with E-state index in [1.807, 2.05) is 6.07 Å². The van der Waals surface area contributed by atoms with Crippen LogP contribution >= 0.6 is 15.9 Å². The highest BCUT2D eigenvalue weighted by Crippen LogP contribution is 2.28. The predicted octanol–water partition coefficient (Wildman–Crippen LogP) is 2.89. The smallest absolute Gasteiger partial charge is 0.141 e. The van der Waals surface area contributed by atoms with Gasteiger partial charge in [0.1, 0.15) is 17.6 Å². The zero-order chi connectivity index (χ0) is 11.5. The molecule has 5 heteroatoms. The summed E-state index contributed by atoms with van der Waals surface area (Å²) in [5, 5.41) is 3.07. The second-order valence-corrected chi connectivity index (χ2v) is 4.11. The number of furan rings is 1. The molecule has 0 aliphatic rings. The Morgan fingerprint density at radius 1 is 1.44 bits per heavy atom. The summed E-state index contributed by atoms with van der Waals surface area (Å²) in [4.78, 5) is 4.03. The molecule has 1 unspecified atom stereocenters. The van der Waals surface area contributed by atoms with Crippen LogP contribution in [0, 0.1) is 5.82 Å². The van der Waals surface area contributed by atoms with Gasteiger partial charge in [0.15, 0.2) is 0 Å². The number of rotatable bonds is 3. The van der Waals surface area contributed by atoms with E-state index in [2.05, 4.69) is 26.2 Å². The lowest BCUT2D eigenvalue weighted by atomic mass is 10.1. The minimum Gasteiger partial charge on any atom is -0.466 e. The minimum atomic E-state index is -0.350. The van der Waals surface area contributed by atoms with Crippen LogP contribution in [0.4, 0.5) is 4.39 Å². The number of pyridine rings is 1. The van der Waals surface area contributed by atoms with Crippen LogP contribution in [-0.2, 0) is 0 Å². The molecule has 0 saturated heterocycles. The average Bonchev–Trinajstić information content (AvgIpc) is 2.69. The second kappa shape index (κ2) is 4.76. The number of aromatic nitrogens is 1. The Balaban J connectivity index is 2.37. The first-order valence-electron chi connectivity index (χ1n) is 4.74. The van der Waals surface area contributed by atoms with Crippen LogP contribution in [0.15, 0.2) is 39.5 Å². The van der Waals surface area contributed by atoms with Gasteiger partial charge in [-0.1, -0.05) is 0 Å². The van der Waals surface area contributed by atoms with Crippen molar-refractivity contribution in [1.82, 2.24) is 10.3 Å². The molecule has 1 atom stereocenters. The summed E-state index contributed by atoms with van der Waals surface area (Å²) >= 11 is 3.38. The largest absolute Gasteiger partial charge is 0.466 e. The molecule has 2 aromatic rings. The fourth-order valence-electron chi connectivity index (χ4n) is 1.48. The van der Waals surface area contributed by atoms with Crippen molar-refractivity contribution in [2.75, 3.05) is 7.05 Å². The third-order valence-corrected chi connectivity index (χ3v) is 2.90. The molecule has 0 amide bonds. The van der Waals surface area contributed by atoms with Crippen LogP contribution in [0.1, 0.15) is 17.5 Å². The van der Waals surface area contributed by atoms with Gasteiger partial charge >= 0.3 is 0 Å². The highest BCUT2D eigenvalue weighted by Gasteiger charge is 2.19. The van der Waals surface area contributed by atoms with E-state index in [0.29, 0.717) is 5.69 Å². The summed E-state index contributed by atoms with van der Waals surface area (Å²) in [5.74, 6) is 0.374. The van der Waals surface area contributed by atoms with Gasteiger partial charge in [-0.15, -0.1) is 0 Å². The van der Waals surface area contributed by atoms with E-state index in [-0.39, 0.29) is 11.9 Å². The molecule has 0 saturated carbocycles. The number of nitrogens with zero attached hydrogens (tertiary/aromatic N) is 1. The number of hydrogen-bond donors (Lipinski definition) is 1. The number of hydrogen-bond acceptors (Lipinski definition) is 3. The van der Waals surface area contributed by atoms with E-state index in [9.17, 15) is 4.39 Å². The maximum atomic E-state index is 12.8. The molecule has 2 heterocycles. The summed E-state index contributed by atoms with van der Waals surface area (Å²) in [6, 6.07) is 4.63. The van der Waals surface area contributed by atoms with E-state index >= 15 is 0 Å². The van der Waals surface area contributed by atoms with Crippen molar-refractivity contribution in [2.24, 2.45) is 0 Å². The van der Waals surface area contributed by atoms with Crippen molar-refractivity contribution in [1.29, 1.82) is 0 Å². The molecule has 0 aliphatic heterocycles. The molecule has 0 aromatic carbocycles. The Bertz CT molecular complexity index is 469. The highest BCUT2D eigenvalue weighted by atomic mass is 79.9. The molecule has 2 rings (SSSR count). The predicted molar refractivity (Wildman–Crippen MR) is 61.5 cm³/mol. The van der Waals surface area contributed by atoms with Gasteiger partial charge in [0.2, 0.25) is 0 Å². The Morgan fingerprint density at radius 2 is 2.25 bits per heavy atom. The van der Waals surface area contributed by atoms with Crippen LogP contribution in [0.25, 0.3) is 0 Å². The zero-order valence-corrected chi connectivity index (χ0v) is 10.2. The topological polar surface area (TPSA) is 38.1 Å². The van der Waals surface area contributed by atoms with Crippen LogP contribution in [-0.4, -0.2) is 12.0 Å². The minimum absolute atomic E-state index is 0.190. The standard InChI is InChI=1S/C11H10BrFN2O/c1-14-10(11-8(12)4-5-16-11)9-3-2-7(13)6-15-9/h2-6,10,14H,1H3. The fraction of sp³-hybridized carbons (Fsp3) is 0.182. The Morgan fingerprint density at radius 3 is 2.75 bits per heavy atom. The lowest BCUT2D eigenvalue weighted by molar-refractivity contribution is 0.455. The van der Waals surface area contributed by atoms with Crippen LogP contribution in [0.5, 0.6) is 0 Å². The van der Waals surface area contributed by atoms with E-state index in [0.717, 1.165) is 10.2 Å². The van der Waals surface area contributed by atoms with E-state index in [1.165, 1.54) is 12.3 Å². The summed E-state index contributed by atoms with van der Waals surface area (Å²) < 4.78 is 19.0. The summed E-state index contributed by atoms with van der Waals surface area (Å²) in [6.45, 7) is 0. The van der Waals surface area contributed by atoms with E-state index < -0.39 is 0 Å². The molecule has 3 nitrogen and oxygen atoms in total. The van der Waals surface area contributed by atoms with Gasteiger partial charge in [-0.25, -0.2) is 4.39 Å². The van der Waals surface area contributed by atoms with Gasteiger partial charge in [0.25, 0.3) is 0 Å². The molecule has 0 aliphatic carbocycles. The SMILES string of the molecule is CNC(c1ccc(F)cn1)c1occc1Br. The van der Waals surface area contributed by atoms with E-state index in [4.69, 9.17) is 4.42 Å². The van der Waals surface area contributed by atoms with Gasteiger partial charge < -0.3 is 9.73 Å². The second-order valence-electron chi connectivity index (χ2n) is 3.26. The molecular formula is C11H10BrFN2O. The molecule has 16 heavy (non-hydrogen) atoms. The first kappa shape index (κ1) is 11.3. The molecule has 0 radical (unpaired) electrons. The van der Waals surface area contributed by atoms with Gasteiger partial charge in [-0.3, -0.25) is 4.98 Å². The third-order valence-electron chi connectivity index (χ3n) is 2.24. The maximum Gasteiger partial charge on any atom is 0.141 e. The maximum absolute atomic E-state index is 12.8. The molecular weight excluding hydrogens is 275 g/mol. The molecule has 0 fully saturated rings. The average molecular weight is 285 g/mol. The van der Waals surface area contributed by atoms with Crippen LogP contribution < -0.4 is 5.32 Å². The summed E-state index contributed by atoms with van der Waals surface area (Å²) in [5.41, 5.74) is 0.708. The first-order chi connectivity index (χ1) is 7.72. The Kier molecular flexibility index (Phi) is 3.36. The summed E-state index contributed by atoms with van der Waals surface area (Å²) in [7, 11) is 1.80. The van der Waals surface area contributed by atoms with Crippen molar-refractivity contribution < 1.29 is 8.81 Å². The molecule has 1 N–H and O–H groups in total. The van der Waals surface area contributed by atoms with Gasteiger partial charge in [-0.05, 0) is 41.2 Å². The lowest BCUT2D eigenvalue weighted by Crippen LogP contribution is -2.18. The monoisotopic (exact) mass is 284 g/mol. The van der Waals surface area contributed by atoms with Gasteiger partial charge in [-0.2, -0.15) is 0 Å². The molecule has 84 valence electrons. The van der Waals surface area contributed by atoms with Gasteiger partial charge in [0.05, 0.1) is 22.6 Å². The number of nitrogens with one attached hydrogen (secondary N) is 1. The Hall–Kier alpha value is -1.20. The van der Waals surface area contributed by atoms with Gasteiger partial charge in [0, 0.05) is 0 Å². The number of halogens is 2. The van der Waals surface area contributed by atoms with Crippen molar-refractivity contribution in [3.8, 4) is 0 Å². The molecule has 0 spiro atoms. The lowest BCUT2D eigenvalue weighted by Gasteiger charge is -2.13. The van der Waals surface area contributed by atoms with Crippen molar-refractivity contribution in [2.45, 2.75) is 6.04 Å². The normalized spacial score (nSPS) is 12.7. The van der Waals surface area contributed by atoms with Crippen molar-refractivity contribution in [3.63, 3.8) is 0 Å². The fourth-order valence-corrected chi connectivity index (χ4v) is 1.91. The highest BCUT2D eigenvalue weighted by molar-refractivity contribution is 9.10. The third kappa shape index (κ3) is 2.15.